The van der Waals surface area contributed by atoms with E-state index in [1.54, 1.807) is 24.5 Å². The fourth-order valence-electron chi connectivity index (χ4n) is 1.41. The summed E-state index contributed by atoms with van der Waals surface area (Å²) in [5.41, 5.74) is 6.36. The zero-order chi connectivity index (χ0) is 13.0. The molecule has 0 spiro atoms. The molecule has 0 radical (unpaired) electrons. The average molecular weight is 246 g/mol. The first-order chi connectivity index (χ1) is 8.66. The van der Waals surface area contributed by atoms with Crippen LogP contribution in [0.15, 0.2) is 42.7 Å². The van der Waals surface area contributed by atoms with Crippen LogP contribution >= 0.6 is 0 Å². The summed E-state index contributed by atoms with van der Waals surface area (Å²) in [6, 6.07) is 7.25. The number of nitrogens with two attached hydrogens (primary N) is 1. The molecule has 0 fully saturated rings. The molecule has 1 heterocycles. The van der Waals surface area contributed by atoms with Crippen LogP contribution in [-0.2, 0) is 11.3 Å². The zero-order valence-corrected chi connectivity index (χ0v) is 9.47. The van der Waals surface area contributed by atoms with Gasteiger partial charge in [-0.3, -0.25) is 4.98 Å². The third-order valence-electron chi connectivity index (χ3n) is 2.30. The normalized spacial score (nSPS) is 10.1. The van der Waals surface area contributed by atoms with Crippen molar-refractivity contribution < 1.29 is 13.9 Å². The maximum Gasteiger partial charge on any atom is 0.341 e. The Morgan fingerprint density at radius 1 is 1.39 bits per heavy atom. The molecule has 2 aromatic rings. The second kappa shape index (κ2) is 5.27. The van der Waals surface area contributed by atoms with Crippen LogP contribution in [0.1, 0.15) is 15.9 Å². The predicted molar refractivity (Wildman–Crippen MR) is 64.2 cm³/mol. The average Bonchev–Trinajstić information content (AvgIpc) is 2.40. The number of ether oxygens (including phenoxy) is 1. The van der Waals surface area contributed by atoms with Gasteiger partial charge in [0.25, 0.3) is 0 Å². The van der Waals surface area contributed by atoms with Crippen molar-refractivity contribution in [2.45, 2.75) is 6.61 Å². The summed E-state index contributed by atoms with van der Waals surface area (Å²) in [7, 11) is 0. The van der Waals surface area contributed by atoms with Gasteiger partial charge in [0.05, 0.1) is 5.56 Å². The highest BCUT2D eigenvalue weighted by Gasteiger charge is 2.13. The molecule has 18 heavy (non-hydrogen) atoms. The van der Waals surface area contributed by atoms with Gasteiger partial charge in [-0.1, -0.05) is 6.07 Å². The van der Waals surface area contributed by atoms with Crippen molar-refractivity contribution in [3.8, 4) is 0 Å². The van der Waals surface area contributed by atoms with E-state index < -0.39 is 11.8 Å². The molecular weight excluding hydrogens is 235 g/mol. The monoisotopic (exact) mass is 246 g/mol. The molecule has 0 unspecified atom stereocenters. The Kier molecular flexibility index (Phi) is 3.52. The number of rotatable bonds is 3. The van der Waals surface area contributed by atoms with Gasteiger partial charge in [-0.25, -0.2) is 9.18 Å². The minimum absolute atomic E-state index is 0.0426. The summed E-state index contributed by atoms with van der Waals surface area (Å²) in [5, 5.41) is 0. The molecule has 2 rings (SSSR count). The third kappa shape index (κ3) is 2.82. The van der Waals surface area contributed by atoms with Crippen LogP contribution in [0.4, 0.5) is 10.1 Å². The van der Waals surface area contributed by atoms with Gasteiger partial charge in [0, 0.05) is 23.6 Å². The Morgan fingerprint density at radius 2 is 2.22 bits per heavy atom. The summed E-state index contributed by atoms with van der Waals surface area (Å²) in [5.74, 6) is -1.40. The molecule has 0 atom stereocenters. The lowest BCUT2D eigenvalue weighted by Gasteiger charge is -2.06. The van der Waals surface area contributed by atoms with Crippen molar-refractivity contribution in [1.82, 2.24) is 4.98 Å². The minimum Gasteiger partial charge on any atom is -0.457 e. The molecule has 0 aliphatic carbocycles. The number of aromatic nitrogens is 1. The number of esters is 1. The number of nitrogen functional groups attached to an aromatic ring is 1. The SMILES string of the molecule is Nc1ccc(F)c(C(=O)OCc2cccnc2)c1. The Labute approximate surface area is 103 Å². The summed E-state index contributed by atoms with van der Waals surface area (Å²) >= 11 is 0. The van der Waals surface area contributed by atoms with Crippen molar-refractivity contribution in [3.63, 3.8) is 0 Å². The molecule has 0 amide bonds. The number of hydrogen-bond donors (Lipinski definition) is 1. The highest BCUT2D eigenvalue weighted by atomic mass is 19.1. The summed E-state index contributed by atoms with van der Waals surface area (Å²) < 4.78 is 18.4. The van der Waals surface area contributed by atoms with Crippen molar-refractivity contribution in [2.24, 2.45) is 0 Å². The fraction of sp³-hybridized carbons (Fsp3) is 0.0769. The van der Waals surface area contributed by atoms with Crippen molar-refractivity contribution in [3.05, 3.63) is 59.7 Å². The zero-order valence-electron chi connectivity index (χ0n) is 9.47. The van der Waals surface area contributed by atoms with Crippen LogP contribution < -0.4 is 5.73 Å². The van der Waals surface area contributed by atoms with E-state index in [0.717, 1.165) is 11.6 Å². The maximum atomic E-state index is 13.4. The van der Waals surface area contributed by atoms with Crippen LogP contribution in [0.5, 0.6) is 0 Å². The smallest absolute Gasteiger partial charge is 0.341 e. The molecular formula is C13H11FN2O2. The molecule has 2 N–H and O–H groups in total. The topological polar surface area (TPSA) is 65.2 Å². The van der Waals surface area contributed by atoms with Crippen LogP contribution in [0.3, 0.4) is 0 Å². The first-order valence-corrected chi connectivity index (χ1v) is 5.28. The number of carbonyl (C=O) groups excluding carboxylic acids is 1. The molecule has 92 valence electrons. The fourth-order valence-corrected chi connectivity index (χ4v) is 1.41. The Bertz CT molecular complexity index is 558. The van der Waals surface area contributed by atoms with Crippen LogP contribution in [0, 0.1) is 5.82 Å². The second-order valence-electron chi connectivity index (χ2n) is 3.68. The second-order valence-corrected chi connectivity index (χ2v) is 3.68. The van der Waals surface area contributed by atoms with Gasteiger partial charge in [0.1, 0.15) is 12.4 Å². The van der Waals surface area contributed by atoms with Gasteiger partial charge in [0.2, 0.25) is 0 Å². The Balaban J connectivity index is 2.06. The lowest BCUT2D eigenvalue weighted by molar-refractivity contribution is 0.0467. The quantitative estimate of drug-likeness (QED) is 0.665. The largest absolute Gasteiger partial charge is 0.457 e. The molecule has 0 saturated carbocycles. The highest BCUT2D eigenvalue weighted by molar-refractivity contribution is 5.90. The number of benzene rings is 1. The lowest BCUT2D eigenvalue weighted by atomic mass is 10.2. The van der Waals surface area contributed by atoms with Crippen LogP contribution in [0.25, 0.3) is 0 Å². The van der Waals surface area contributed by atoms with Crippen LogP contribution in [0.2, 0.25) is 0 Å². The van der Waals surface area contributed by atoms with E-state index in [2.05, 4.69) is 4.98 Å². The molecule has 0 bridgehead atoms. The van der Waals surface area contributed by atoms with E-state index in [0.29, 0.717) is 5.69 Å². The molecule has 5 heteroatoms. The number of hydrogen-bond acceptors (Lipinski definition) is 4. The summed E-state index contributed by atoms with van der Waals surface area (Å²) in [4.78, 5) is 15.5. The number of carbonyl (C=O) groups is 1. The first-order valence-electron chi connectivity index (χ1n) is 5.28. The van der Waals surface area contributed by atoms with Gasteiger partial charge in [-0.15, -0.1) is 0 Å². The molecule has 0 aliphatic rings. The first kappa shape index (κ1) is 12.0. The van der Waals surface area contributed by atoms with E-state index in [4.69, 9.17) is 10.5 Å². The Morgan fingerprint density at radius 3 is 2.94 bits per heavy atom. The van der Waals surface area contributed by atoms with Gasteiger partial charge in [-0.2, -0.15) is 0 Å². The molecule has 1 aromatic carbocycles. The van der Waals surface area contributed by atoms with Gasteiger partial charge >= 0.3 is 5.97 Å². The van der Waals surface area contributed by atoms with Crippen LogP contribution in [-0.4, -0.2) is 11.0 Å². The number of halogens is 1. The molecule has 4 nitrogen and oxygen atoms in total. The van der Waals surface area contributed by atoms with E-state index >= 15 is 0 Å². The van der Waals surface area contributed by atoms with Crippen molar-refractivity contribution in [2.75, 3.05) is 5.73 Å². The van der Waals surface area contributed by atoms with E-state index in [1.165, 1.54) is 12.1 Å². The highest BCUT2D eigenvalue weighted by Crippen LogP contribution is 2.14. The Hall–Kier alpha value is -2.43. The number of anilines is 1. The molecule has 0 saturated heterocycles. The van der Waals surface area contributed by atoms with E-state index in [1.807, 2.05) is 0 Å². The lowest BCUT2D eigenvalue weighted by Crippen LogP contribution is -2.08. The van der Waals surface area contributed by atoms with Crippen molar-refractivity contribution >= 4 is 11.7 Å². The van der Waals surface area contributed by atoms with E-state index in [-0.39, 0.29) is 12.2 Å². The summed E-state index contributed by atoms with van der Waals surface area (Å²) in [6.45, 7) is 0.0426. The maximum absolute atomic E-state index is 13.4. The third-order valence-corrected chi connectivity index (χ3v) is 2.30. The van der Waals surface area contributed by atoms with Gasteiger partial charge in [-0.05, 0) is 24.3 Å². The molecule has 1 aromatic heterocycles. The number of nitrogens with zero attached hydrogens (tertiary/aromatic N) is 1. The predicted octanol–water partition coefficient (Wildman–Crippen LogP) is 2.16. The minimum atomic E-state index is -0.747. The van der Waals surface area contributed by atoms with Gasteiger partial charge < -0.3 is 10.5 Å². The number of pyridine rings is 1. The molecule has 0 aliphatic heterocycles. The standard InChI is InChI=1S/C13H11FN2O2/c14-12-4-3-10(15)6-11(12)13(17)18-8-9-2-1-5-16-7-9/h1-7H,8,15H2. The summed E-state index contributed by atoms with van der Waals surface area (Å²) in [6.07, 6.45) is 3.19. The van der Waals surface area contributed by atoms with E-state index in [9.17, 15) is 9.18 Å². The van der Waals surface area contributed by atoms with Crippen molar-refractivity contribution in [1.29, 1.82) is 0 Å². The van der Waals surface area contributed by atoms with Gasteiger partial charge in [0.15, 0.2) is 0 Å².